The number of hydrogen-bond donors (Lipinski definition) is 2. The van der Waals surface area contributed by atoms with Crippen molar-refractivity contribution < 1.29 is 8.42 Å². The van der Waals surface area contributed by atoms with Crippen molar-refractivity contribution in [3.05, 3.63) is 29.3 Å². The first kappa shape index (κ1) is 14.0. The summed E-state index contributed by atoms with van der Waals surface area (Å²) in [5, 5.41) is 3.44. The minimum atomic E-state index is -3.41. The fourth-order valence-electron chi connectivity index (χ4n) is 2.35. The molecule has 0 amide bonds. The third kappa shape index (κ3) is 3.05. The Morgan fingerprint density at radius 2 is 2.00 bits per heavy atom. The van der Waals surface area contributed by atoms with E-state index in [0.29, 0.717) is 10.9 Å². The predicted molar refractivity (Wildman–Crippen MR) is 79.0 cm³/mol. The van der Waals surface area contributed by atoms with Gasteiger partial charge in [-0.3, -0.25) is 0 Å². The highest BCUT2D eigenvalue weighted by molar-refractivity contribution is 7.89. The van der Waals surface area contributed by atoms with E-state index in [1.165, 1.54) is 12.8 Å². The maximum Gasteiger partial charge on any atom is 0.241 e. The Balaban J connectivity index is 1.82. The smallest absolute Gasteiger partial charge is 0.241 e. The molecule has 20 heavy (non-hydrogen) atoms. The zero-order valence-electron chi connectivity index (χ0n) is 12.1. The van der Waals surface area contributed by atoms with Crippen LogP contribution < -0.4 is 10.0 Å². The number of hydrogen-bond acceptors (Lipinski definition) is 3. The van der Waals surface area contributed by atoms with Crippen LogP contribution in [0, 0.1) is 6.92 Å². The molecule has 2 N–H and O–H groups in total. The zero-order chi connectivity index (χ0) is 14.4. The Morgan fingerprint density at radius 1 is 1.30 bits per heavy atom. The van der Waals surface area contributed by atoms with Gasteiger partial charge in [0.1, 0.15) is 0 Å². The summed E-state index contributed by atoms with van der Waals surface area (Å²) in [5.74, 6) is 0. The minimum absolute atomic E-state index is 0.229. The molecule has 0 spiro atoms. The summed E-state index contributed by atoms with van der Waals surface area (Å²) in [6, 6.07) is 6.16. The molecule has 110 valence electrons. The largest absolute Gasteiger partial charge is 0.310 e. The lowest BCUT2D eigenvalue weighted by Crippen LogP contribution is -2.34. The normalized spacial score (nSPS) is 20.9. The molecule has 0 bridgehead atoms. The van der Waals surface area contributed by atoms with Gasteiger partial charge in [0.05, 0.1) is 4.90 Å². The molecule has 0 aromatic heterocycles. The summed E-state index contributed by atoms with van der Waals surface area (Å²) in [5.41, 5.74) is 1.70. The maximum absolute atomic E-state index is 12.5. The van der Waals surface area contributed by atoms with Gasteiger partial charge in [0.15, 0.2) is 0 Å². The summed E-state index contributed by atoms with van der Waals surface area (Å²) in [6.07, 6.45) is 4.32. The van der Waals surface area contributed by atoms with E-state index in [0.717, 1.165) is 30.5 Å². The highest BCUT2D eigenvalue weighted by atomic mass is 32.2. The summed E-state index contributed by atoms with van der Waals surface area (Å²) in [6.45, 7) is 4.60. The third-order valence-electron chi connectivity index (χ3n) is 4.23. The van der Waals surface area contributed by atoms with Gasteiger partial charge in [-0.05, 0) is 56.7 Å². The van der Waals surface area contributed by atoms with E-state index in [1.807, 2.05) is 26.0 Å². The van der Waals surface area contributed by atoms with Crippen LogP contribution >= 0.6 is 0 Å². The van der Waals surface area contributed by atoms with Crippen LogP contribution in [0.3, 0.4) is 0 Å². The van der Waals surface area contributed by atoms with E-state index >= 15 is 0 Å². The molecule has 3 rings (SSSR count). The zero-order valence-corrected chi connectivity index (χ0v) is 12.9. The highest BCUT2D eigenvalue weighted by Gasteiger charge is 2.41. The molecule has 2 aliphatic rings. The molecule has 2 fully saturated rings. The Morgan fingerprint density at radius 3 is 2.60 bits per heavy atom. The summed E-state index contributed by atoms with van der Waals surface area (Å²) in [4.78, 5) is 0.417. The summed E-state index contributed by atoms with van der Waals surface area (Å²) < 4.78 is 27.8. The Hall–Kier alpha value is -0.910. The van der Waals surface area contributed by atoms with Gasteiger partial charge in [-0.15, -0.1) is 0 Å². The van der Waals surface area contributed by atoms with Crippen LogP contribution in [0.4, 0.5) is 0 Å². The van der Waals surface area contributed by atoms with E-state index in [1.54, 1.807) is 6.07 Å². The van der Waals surface area contributed by atoms with E-state index < -0.39 is 10.0 Å². The van der Waals surface area contributed by atoms with Crippen molar-refractivity contribution in [2.75, 3.05) is 0 Å². The lowest BCUT2D eigenvalue weighted by molar-refractivity contribution is 0.557. The number of sulfonamides is 1. The van der Waals surface area contributed by atoms with Crippen LogP contribution in [-0.2, 0) is 16.6 Å². The molecule has 2 saturated carbocycles. The number of benzene rings is 1. The van der Waals surface area contributed by atoms with Gasteiger partial charge in [-0.2, -0.15) is 0 Å². The molecule has 0 saturated heterocycles. The lowest BCUT2D eigenvalue weighted by atomic mass is 10.1. The second kappa shape index (κ2) is 4.83. The molecule has 0 aliphatic heterocycles. The van der Waals surface area contributed by atoms with E-state index in [-0.39, 0.29) is 5.54 Å². The number of rotatable bonds is 6. The Bertz CT molecular complexity index is 617. The lowest BCUT2D eigenvalue weighted by Gasteiger charge is -2.16. The van der Waals surface area contributed by atoms with Crippen LogP contribution in [0.5, 0.6) is 0 Å². The molecule has 0 atom stereocenters. The van der Waals surface area contributed by atoms with Crippen molar-refractivity contribution in [2.24, 2.45) is 0 Å². The first-order valence-corrected chi connectivity index (χ1v) is 8.74. The van der Waals surface area contributed by atoms with Crippen LogP contribution in [0.2, 0.25) is 0 Å². The predicted octanol–water partition coefficient (Wildman–Crippen LogP) is 2.08. The van der Waals surface area contributed by atoms with Crippen molar-refractivity contribution in [2.45, 2.75) is 62.6 Å². The standard InChI is InChI=1S/C15H22N2O2S/c1-11-12(10-16-13-6-7-13)4-3-5-14(11)20(18,19)17-15(2)8-9-15/h3-5,13,16-17H,6-10H2,1-2H3. The first-order valence-electron chi connectivity index (χ1n) is 7.25. The Kier molecular flexibility index (Phi) is 3.39. The van der Waals surface area contributed by atoms with Gasteiger partial charge in [0, 0.05) is 18.1 Å². The Labute approximate surface area is 121 Å². The summed E-state index contributed by atoms with van der Waals surface area (Å²) >= 11 is 0. The minimum Gasteiger partial charge on any atom is -0.310 e. The molecular formula is C15H22N2O2S. The van der Waals surface area contributed by atoms with Crippen molar-refractivity contribution in [1.82, 2.24) is 10.0 Å². The second-order valence-corrected chi connectivity index (χ2v) is 8.01. The van der Waals surface area contributed by atoms with Crippen molar-refractivity contribution >= 4 is 10.0 Å². The third-order valence-corrected chi connectivity index (χ3v) is 6.01. The fourth-order valence-corrected chi connectivity index (χ4v) is 4.11. The molecule has 1 aromatic rings. The SMILES string of the molecule is Cc1c(CNC2CC2)cccc1S(=O)(=O)NC1(C)CC1. The summed E-state index contributed by atoms with van der Waals surface area (Å²) in [7, 11) is -3.41. The molecule has 4 nitrogen and oxygen atoms in total. The van der Waals surface area contributed by atoms with Gasteiger partial charge < -0.3 is 5.32 Å². The molecule has 1 aromatic carbocycles. The van der Waals surface area contributed by atoms with Crippen molar-refractivity contribution in [3.63, 3.8) is 0 Å². The molecule has 5 heteroatoms. The van der Waals surface area contributed by atoms with Crippen LogP contribution in [0.15, 0.2) is 23.1 Å². The van der Waals surface area contributed by atoms with Gasteiger partial charge >= 0.3 is 0 Å². The van der Waals surface area contributed by atoms with E-state index in [2.05, 4.69) is 10.0 Å². The van der Waals surface area contributed by atoms with Crippen molar-refractivity contribution in [3.8, 4) is 0 Å². The molecule has 0 unspecified atom stereocenters. The van der Waals surface area contributed by atoms with Crippen molar-refractivity contribution in [1.29, 1.82) is 0 Å². The average Bonchev–Trinajstić information content (AvgIpc) is 3.26. The van der Waals surface area contributed by atoms with Crippen LogP contribution in [-0.4, -0.2) is 20.0 Å². The fraction of sp³-hybridized carbons (Fsp3) is 0.600. The molecule has 2 aliphatic carbocycles. The van der Waals surface area contributed by atoms with E-state index in [4.69, 9.17) is 0 Å². The molecular weight excluding hydrogens is 272 g/mol. The second-order valence-electron chi connectivity index (χ2n) is 6.36. The monoisotopic (exact) mass is 294 g/mol. The first-order chi connectivity index (χ1) is 9.40. The van der Waals surface area contributed by atoms with Gasteiger partial charge in [0.25, 0.3) is 0 Å². The van der Waals surface area contributed by atoms with E-state index in [9.17, 15) is 8.42 Å². The van der Waals surface area contributed by atoms with Crippen LogP contribution in [0.1, 0.15) is 43.7 Å². The van der Waals surface area contributed by atoms with Gasteiger partial charge in [-0.25, -0.2) is 13.1 Å². The molecule has 0 radical (unpaired) electrons. The topological polar surface area (TPSA) is 58.2 Å². The molecule has 0 heterocycles. The maximum atomic E-state index is 12.5. The quantitative estimate of drug-likeness (QED) is 0.844. The van der Waals surface area contributed by atoms with Crippen LogP contribution in [0.25, 0.3) is 0 Å². The van der Waals surface area contributed by atoms with Gasteiger partial charge in [0.2, 0.25) is 10.0 Å². The van der Waals surface area contributed by atoms with Gasteiger partial charge in [-0.1, -0.05) is 12.1 Å². The average molecular weight is 294 g/mol. The number of nitrogens with one attached hydrogen (secondary N) is 2. The highest BCUT2D eigenvalue weighted by Crippen LogP contribution is 2.36.